The summed E-state index contributed by atoms with van der Waals surface area (Å²) in [6.07, 6.45) is 0.351. The van der Waals surface area contributed by atoms with Crippen molar-refractivity contribution in [3.63, 3.8) is 0 Å². The second kappa shape index (κ2) is 5.50. The fraction of sp³-hybridized carbons (Fsp3) is 0.357. The maximum absolute atomic E-state index is 11.8. The van der Waals surface area contributed by atoms with Crippen LogP contribution in [0.15, 0.2) is 41.7 Å². The number of allylic oxidation sites excluding steroid dienone is 2. The Morgan fingerprint density at radius 1 is 1.25 bits per heavy atom. The molecule has 0 aliphatic carbocycles. The van der Waals surface area contributed by atoms with E-state index in [0.29, 0.717) is 12.0 Å². The zero-order chi connectivity index (χ0) is 12.1. The number of rotatable bonds is 4. The number of benzene rings is 1. The third-order valence-corrected chi connectivity index (χ3v) is 2.56. The Morgan fingerprint density at radius 3 is 2.31 bits per heavy atom. The molecular weight excluding hydrogens is 200 g/mol. The molecule has 0 atom stereocenters. The summed E-state index contributed by atoms with van der Waals surface area (Å²) >= 11 is 0. The molecule has 2 nitrogen and oxygen atoms in total. The van der Waals surface area contributed by atoms with Gasteiger partial charge in [0.25, 0.3) is 0 Å². The largest absolute Gasteiger partial charge is 0.512 e. The molecule has 0 spiro atoms. The van der Waals surface area contributed by atoms with Crippen LogP contribution in [0.25, 0.3) is 0 Å². The monoisotopic (exact) mass is 218 g/mol. The number of hydrogen-bond donors (Lipinski definition) is 1. The van der Waals surface area contributed by atoms with Crippen molar-refractivity contribution in [2.24, 2.45) is 5.92 Å². The molecule has 1 aromatic rings. The van der Waals surface area contributed by atoms with E-state index in [2.05, 4.69) is 0 Å². The number of Topliss-reactive ketones (excluding diaryl/α,β-unsaturated/α-hetero) is 1. The Labute approximate surface area is 96.6 Å². The minimum absolute atomic E-state index is 0.000256. The van der Waals surface area contributed by atoms with Crippen LogP contribution in [0.1, 0.15) is 26.3 Å². The molecule has 86 valence electrons. The third-order valence-electron chi connectivity index (χ3n) is 2.56. The molecule has 0 bridgehead atoms. The van der Waals surface area contributed by atoms with E-state index in [1.165, 1.54) is 0 Å². The highest BCUT2D eigenvalue weighted by Gasteiger charge is 2.12. The summed E-state index contributed by atoms with van der Waals surface area (Å²) in [5.41, 5.74) is 1.45. The molecule has 0 aromatic heterocycles. The molecule has 0 saturated heterocycles. The van der Waals surface area contributed by atoms with Gasteiger partial charge in [0.05, 0.1) is 0 Å². The molecule has 1 aromatic carbocycles. The van der Waals surface area contributed by atoms with Crippen molar-refractivity contribution >= 4 is 5.78 Å². The Bertz CT molecular complexity index is 388. The predicted molar refractivity (Wildman–Crippen MR) is 65.3 cm³/mol. The van der Waals surface area contributed by atoms with Crippen molar-refractivity contribution in [3.05, 3.63) is 47.2 Å². The highest BCUT2D eigenvalue weighted by molar-refractivity contribution is 5.96. The van der Waals surface area contributed by atoms with Crippen LogP contribution in [0.5, 0.6) is 0 Å². The highest BCUT2D eigenvalue weighted by Crippen LogP contribution is 2.14. The van der Waals surface area contributed by atoms with Crippen LogP contribution in [0, 0.1) is 5.92 Å². The summed E-state index contributed by atoms with van der Waals surface area (Å²) in [6.45, 7) is 5.42. The fourth-order valence-electron chi connectivity index (χ4n) is 1.49. The van der Waals surface area contributed by atoms with Gasteiger partial charge < -0.3 is 5.11 Å². The molecule has 0 aliphatic rings. The number of ketones is 1. The number of carbonyl (C=O) groups is 1. The third kappa shape index (κ3) is 3.23. The first-order chi connectivity index (χ1) is 7.52. The minimum Gasteiger partial charge on any atom is -0.512 e. The Balaban J connectivity index is 2.78. The second-order valence-corrected chi connectivity index (χ2v) is 4.25. The lowest BCUT2D eigenvalue weighted by molar-refractivity contribution is -0.115. The fourth-order valence-corrected chi connectivity index (χ4v) is 1.49. The smallest absolute Gasteiger partial charge is 0.166 e. The van der Waals surface area contributed by atoms with E-state index in [1.54, 1.807) is 6.92 Å². The average Bonchev–Trinajstić information content (AvgIpc) is 2.28. The quantitative estimate of drug-likeness (QED) is 0.622. The molecule has 0 fully saturated rings. The lowest BCUT2D eigenvalue weighted by Crippen LogP contribution is -2.09. The number of aliphatic hydroxyl groups is 1. The summed E-state index contributed by atoms with van der Waals surface area (Å²) in [7, 11) is 0. The SMILES string of the molecule is C/C(C(=O)Cc1ccccc1)=C(/O)C(C)C. The van der Waals surface area contributed by atoms with E-state index in [0.717, 1.165) is 5.56 Å². The molecule has 16 heavy (non-hydrogen) atoms. The van der Waals surface area contributed by atoms with Crippen LogP contribution in [-0.4, -0.2) is 10.9 Å². The lowest BCUT2D eigenvalue weighted by Gasteiger charge is -2.08. The topological polar surface area (TPSA) is 37.3 Å². The van der Waals surface area contributed by atoms with Gasteiger partial charge in [0.1, 0.15) is 5.76 Å². The summed E-state index contributed by atoms with van der Waals surface area (Å²) < 4.78 is 0. The molecule has 0 radical (unpaired) electrons. The molecule has 0 unspecified atom stereocenters. The van der Waals surface area contributed by atoms with E-state index in [4.69, 9.17) is 0 Å². The summed E-state index contributed by atoms with van der Waals surface area (Å²) in [5, 5.41) is 9.70. The van der Waals surface area contributed by atoms with Crippen LogP contribution in [0.2, 0.25) is 0 Å². The van der Waals surface area contributed by atoms with Gasteiger partial charge in [-0.1, -0.05) is 44.2 Å². The van der Waals surface area contributed by atoms with Gasteiger partial charge in [-0.2, -0.15) is 0 Å². The molecule has 0 saturated carbocycles. The van der Waals surface area contributed by atoms with Gasteiger partial charge in [-0.05, 0) is 12.5 Å². The van der Waals surface area contributed by atoms with Crippen LogP contribution in [0.4, 0.5) is 0 Å². The van der Waals surface area contributed by atoms with E-state index in [1.807, 2.05) is 44.2 Å². The Hall–Kier alpha value is -1.57. The first-order valence-corrected chi connectivity index (χ1v) is 5.49. The van der Waals surface area contributed by atoms with Crippen LogP contribution in [-0.2, 0) is 11.2 Å². The standard InChI is InChI=1S/C14H18O2/c1-10(2)14(16)11(3)13(15)9-12-7-5-4-6-8-12/h4-8,10,16H,9H2,1-3H3/b14-11-. The normalized spacial score (nSPS) is 12.5. The zero-order valence-corrected chi connectivity index (χ0v) is 10.0. The summed E-state index contributed by atoms with van der Waals surface area (Å²) in [4.78, 5) is 11.8. The molecule has 1 N–H and O–H groups in total. The number of carbonyl (C=O) groups excluding carboxylic acids is 1. The Kier molecular flexibility index (Phi) is 4.29. The average molecular weight is 218 g/mol. The molecular formula is C14H18O2. The van der Waals surface area contributed by atoms with E-state index < -0.39 is 0 Å². The lowest BCUT2D eigenvalue weighted by atomic mass is 10.00. The number of aliphatic hydroxyl groups excluding tert-OH is 1. The summed E-state index contributed by atoms with van der Waals surface area (Å²) in [5.74, 6) is 0.179. The van der Waals surface area contributed by atoms with Crippen LogP contribution >= 0.6 is 0 Å². The predicted octanol–water partition coefficient (Wildman–Crippen LogP) is 3.29. The van der Waals surface area contributed by atoms with E-state index in [-0.39, 0.29) is 17.5 Å². The van der Waals surface area contributed by atoms with Crippen molar-refractivity contribution in [1.82, 2.24) is 0 Å². The van der Waals surface area contributed by atoms with E-state index in [9.17, 15) is 9.90 Å². The van der Waals surface area contributed by atoms with Gasteiger partial charge in [0, 0.05) is 17.9 Å². The van der Waals surface area contributed by atoms with Gasteiger partial charge in [-0.15, -0.1) is 0 Å². The van der Waals surface area contributed by atoms with Gasteiger partial charge in [-0.3, -0.25) is 4.79 Å². The second-order valence-electron chi connectivity index (χ2n) is 4.25. The zero-order valence-electron chi connectivity index (χ0n) is 10.0. The maximum atomic E-state index is 11.8. The van der Waals surface area contributed by atoms with Gasteiger partial charge in [0.2, 0.25) is 0 Å². The van der Waals surface area contributed by atoms with Crippen molar-refractivity contribution in [3.8, 4) is 0 Å². The van der Waals surface area contributed by atoms with Gasteiger partial charge in [0.15, 0.2) is 5.78 Å². The maximum Gasteiger partial charge on any atom is 0.166 e. The van der Waals surface area contributed by atoms with Crippen molar-refractivity contribution in [1.29, 1.82) is 0 Å². The first-order valence-electron chi connectivity index (χ1n) is 5.49. The van der Waals surface area contributed by atoms with Crippen LogP contribution in [0.3, 0.4) is 0 Å². The summed E-state index contributed by atoms with van der Waals surface area (Å²) in [6, 6.07) is 9.56. The first kappa shape index (κ1) is 12.5. The number of hydrogen-bond acceptors (Lipinski definition) is 2. The van der Waals surface area contributed by atoms with Gasteiger partial charge >= 0.3 is 0 Å². The molecule has 2 heteroatoms. The van der Waals surface area contributed by atoms with Crippen LogP contribution < -0.4 is 0 Å². The van der Waals surface area contributed by atoms with Crippen molar-refractivity contribution in [2.75, 3.05) is 0 Å². The molecule has 1 rings (SSSR count). The Morgan fingerprint density at radius 2 is 1.81 bits per heavy atom. The van der Waals surface area contributed by atoms with Crippen molar-refractivity contribution < 1.29 is 9.90 Å². The van der Waals surface area contributed by atoms with Crippen molar-refractivity contribution in [2.45, 2.75) is 27.2 Å². The molecule has 0 amide bonds. The molecule has 0 heterocycles. The van der Waals surface area contributed by atoms with E-state index >= 15 is 0 Å². The van der Waals surface area contributed by atoms with Gasteiger partial charge in [-0.25, -0.2) is 0 Å². The molecule has 0 aliphatic heterocycles. The minimum atomic E-state index is -0.0163. The highest BCUT2D eigenvalue weighted by atomic mass is 16.3.